The predicted octanol–water partition coefficient (Wildman–Crippen LogP) is 2.48. The maximum absolute atomic E-state index is 13.5. The van der Waals surface area contributed by atoms with E-state index in [1.165, 1.54) is 18.2 Å². The molecule has 1 N–H and O–H groups in total. The summed E-state index contributed by atoms with van der Waals surface area (Å²) in [6.45, 7) is 0.223. The number of benzene rings is 2. The summed E-state index contributed by atoms with van der Waals surface area (Å²) < 4.78 is 37.5. The lowest BCUT2D eigenvalue weighted by atomic mass is 10.1. The van der Waals surface area contributed by atoms with Crippen molar-refractivity contribution < 1.29 is 17.6 Å². The molecule has 6 heteroatoms. The Hall–Kier alpha value is -2.21. The lowest BCUT2D eigenvalue weighted by Crippen LogP contribution is -2.24. The Morgan fingerprint density at radius 2 is 1.96 bits per heavy atom. The molecule has 1 aliphatic heterocycles. The number of rotatable bonds is 3. The zero-order chi connectivity index (χ0) is 16.4. The molecule has 1 amide bonds. The smallest absolute Gasteiger partial charge is 0.254 e. The van der Waals surface area contributed by atoms with E-state index in [1.54, 1.807) is 24.3 Å². The maximum atomic E-state index is 13.5. The van der Waals surface area contributed by atoms with Crippen LogP contribution in [0.25, 0.3) is 0 Å². The van der Waals surface area contributed by atoms with Crippen molar-refractivity contribution in [3.8, 4) is 0 Å². The summed E-state index contributed by atoms with van der Waals surface area (Å²) in [6.07, 6.45) is 1.32. The predicted molar refractivity (Wildman–Crippen MR) is 84.4 cm³/mol. The van der Waals surface area contributed by atoms with E-state index >= 15 is 0 Å². The molecule has 4 nitrogen and oxygen atoms in total. The van der Waals surface area contributed by atoms with Crippen LogP contribution >= 0.6 is 0 Å². The van der Waals surface area contributed by atoms with E-state index in [0.717, 1.165) is 11.1 Å². The minimum Gasteiger partial charge on any atom is -0.348 e. The molecule has 0 fully saturated rings. The van der Waals surface area contributed by atoms with Gasteiger partial charge < -0.3 is 5.32 Å². The van der Waals surface area contributed by atoms with Gasteiger partial charge in [-0.25, -0.2) is 12.8 Å². The Labute approximate surface area is 134 Å². The second-order valence-electron chi connectivity index (χ2n) is 5.53. The average molecular weight is 333 g/mol. The Bertz CT molecular complexity index is 862. The summed E-state index contributed by atoms with van der Waals surface area (Å²) >= 11 is 0. The largest absolute Gasteiger partial charge is 0.348 e. The van der Waals surface area contributed by atoms with Gasteiger partial charge in [0, 0.05) is 6.54 Å². The van der Waals surface area contributed by atoms with Gasteiger partial charge in [-0.1, -0.05) is 24.3 Å². The highest BCUT2D eigenvalue weighted by atomic mass is 32.2. The zero-order valence-electron chi connectivity index (χ0n) is 12.4. The first-order chi connectivity index (χ1) is 11.0. The van der Waals surface area contributed by atoms with Crippen LogP contribution in [0.4, 0.5) is 4.39 Å². The highest BCUT2D eigenvalue weighted by Crippen LogP contribution is 2.25. The first-order valence-electron chi connectivity index (χ1n) is 7.35. The van der Waals surface area contributed by atoms with Crippen LogP contribution in [0.5, 0.6) is 0 Å². The summed E-state index contributed by atoms with van der Waals surface area (Å²) in [6, 6.07) is 10.9. The number of nitrogens with one attached hydrogen (secondary N) is 1. The quantitative estimate of drug-likeness (QED) is 0.938. The van der Waals surface area contributed by atoms with Crippen LogP contribution in [-0.2, 0) is 22.8 Å². The van der Waals surface area contributed by atoms with Crippen LogP contribution in [0, 0.1) is 5.82 Å². The average Bonchev–Trinajstić information content (AvgIpc) is 2.52. The van der Waals surface area contributed by atoms with Crippen molar-refractivity contribution in [1.82, 2.24) is 5.32 Å². The zero-order valence-corrected chi connectivity index (χ0v) is 13.2. The minimum atomic E-state index is -3.18. The highest BCUT2D eigenvalue weighted by Gasteiger charge is 2.23. The van der Waals surface area contributed by atoms with Gasteiger partial charge in [-0.05, 0) is 42.2 Å². The number of aryl methyl sites for hydroxylation is 1. The summed E-state index contributed by atoms with van der Waals surface area (Å²) in [5, 5.41) is 2.66. The molecule has 120 valence electrons. The van der Waals surface area contributed by atoms with Gasteiger partial charge in [-0.2, -0.15) is 0 Å². The number of amides is 1. The molecule has 3 rings (SSSR count). The second-order valence-corrected chi connectivity index (χ2v) is 7.60. The molecule has 0 saturated heterocycles. The molecule has 0 spiro atoms. The normalized spacial score (nSPS) is 15.7. The fourth-order valence-electron chi connectivity index (χ4n) is 2.73. The summed E-state index contributed by atoms with van der Waals surface area (Å²) in [4.78, 5) is 12.4. The Balaban J connectivity index is 1.75. The van der Waals surface area contributed by atoms with Gasteiger partial charge in [-0.15, -0.1) is 0 Å². The van der Waals surface area contributed by atoms with Gasteiger partial charge >= 0.3 is 0 Å². The molecule has 0 bridgehead atoms. The molecule has 0 radical (unpaired) electrons. The number of sulfone groups is 1. The lowest BCUT2D eigenvalue weighted by molar-refractivity contribution is 0.0947. The molecule has 0 atom stereocenters. The van der Waals surface area contributed by atoms with E-state index in [-0.39, 0.29) is 17.9 Å². The SMILES string of the molecule is O=C(NCc1ccc2c(c1)CCCS2(=O)=O)c1ccccc1F. The monoisotopic (exact) mass is 333 g/mol. The van der Waals surface area contributed by atoms with Crippen LogP contribution < -0.4 is 5.32 Å². The molecule has 0 unspecified atom stereocenters. The molecule has 1 heterocycles. The minimum absolute atomic E-state index is 0.00645. The molecule has 1 aliphatic rings. The molecule has 0 saturated carbocycles. The highest BCUT2D eigenvalue weighted by molar-refractivity contribution is 7.91. The van der Waals surface area contributed by atoms with E-state index in [1.807, 2.05) is 0 Å². The van der Waals surface area contributed by atoms with Gasteiger partial charge in [0.05, 0.1) is 16.2 Å². The molecule has 0 aliphatic carbocycles. The summed E-state index contributed by atoms with van der Waals surface area (Å²) in [5.41, 5.74) is 1.58. The number of carbonyl (C=O) groups is 1. The molecular formula is C17H16FNO3S. The third-order valence-electron chi connectivity index (χ3n) is 3.89. The van der Waals surface area contributed by atoms with Gasteiger partial charge in [0.25, 0.3) is 5.91 Å². The van der Waals surface area contributed by atoms with Gasteiger partial charge in [0.2, 0.25) is 0 Å². The Kier molecular flexibility index (Phi) is 4.17. The molecule has 23 heavy (non-hydrogen) atoms. The van der Waals surface area contributed by atoms with Gasteiger partial charge in [-0.3, -0.25) is 4.79 Å². The van der Waals surface area contributed by atoms with Crippen LogP contribution in [0.3, 0.4) is 0 Å². The third kappa shape index (κ3) is 3.27. The topological polar surface area (TPSA) is 63.2 Å². The van der Waals surface area contributed by atoms with Crippen molar-refractivity contribution in [2.24, 2.45) is 0 Å². The van der Waals surface area contributed by atoms with Crippen molar-refractivity contribution in [3.63, 3.8) is 0 Å². The van der Waals surface area contributed by atoms with Crippen molar-refractivity contribution in [2.45, 2.75) is 24.3 Å². The second kappa shape index (κ2) is 6.12. The molecule has 2 aromatic carbocycles. The third-order valence-corrected chi connectivity index (χ3v) is 5.79. The van der Waals surface area contributed by atoms with Crippen LogP contribution in [-0.4, -0.2) is 20.1 Å². The summed E-state index contributed by atoms with van der Waals surface area (Å²) in [7, 11) is -3.18. The maximum Gasteiger partial charge on any atom is 0.254 e. The van der Waals surface area contributed by atoms with Crippen LogP contribution in [0.1, 0.15) is 27.9 Å². The number of fused-ring (bicyclic) bond motifs is 1. The number of hydrogen-bond acceptors (Lipinski definition) is 3. The van der Waals surface area contributed by atoms with E-state index in [0.29, 0.717) is 17.7 Å². The molecular weight excluding hydrogens is 317 g/mol. The van der Waals surface area contributed by atoms with Gasteiger partial charge in [0.1, 0.15) is 5.82 Å². The van der Waals surface area contributed by atoms with E-state index in [9.17, 15) is 17.6 Å². The fraction of sp³-hybridized carbons (Fsp3) is 0.235. The van der Waals surface area contributed by atoms with Crippen molar-refractivity contribution in [3.05, 3.63) is 65.0 Å². The van der Waals surface area contributed by atoms with Gasteiger partial charge in [0.15, 0.2) is 9.84 Å². The first-order valence-corrected chi connectivity index (χ1v) is 9.00. The molecule has 0 aromatic heterocycles. The van der Waals surface area contributed by atoms with E-state index in [2.05, 4.69) is 5.32 Å². The molecule has 2 aromatic rings. The van der Waals surface area contributed by atoms with Crippen molar-refractivity contribution in [2.75, 3.05) is 5.75 Å². The fourth-order valence-corrected chi connectivity index (χ4v) is 4.31. The standard InChI is InChI=1S/C17H16FNO3S/c18-15-6-2-1-5-14(15)17(20)19-11-12-7-8-16-13(10-12)4-3-9-23(16,21)22/h1-2,5-8,10H,3-4,9,11H2,(H,19,20). The Morgan fingerprint density at radius 1 is 1.17 bits per heavy atom. The van der Waals surface area contributed by atoms with Crippen molar-refractivity contribution in [1.29, 1.82) is 0 Å². The lowest BCUT2D eigenvalue weighted by Gasteiger charge is -2.17. The van der Waals surface area contributed by atoms with Crippen LogP contribution in [0.15, 0.2) is 47.4 Å². The first kappa shape index (κ1) is 15.7. The van der Waals surface area contributed by atoms with Crippen molar-refractivity contribution >= 4 is 15.7 Å². The number of hydrogen-bond donors (Lipinski definition) is 1. The number of carbonyl (C=O) groups excluding carboxylic acids is 1. The summed E-state index contributed by atoms with van der Waals surface area (Å²) in [5.74, 6) is -0.876. The van der Waals surface area contributed by atoms with E-state index in [4.69, 9.17) is 0 Å². The number of halogens is 1. The van der Waals surface area contributed by atoms with Crippen LogP contribution in [0.2, 0.25) is 0 Å². The van der Waals surface area contributed by atoms with E-state index < -0.39 is 21.6 Å². The Morgan fingerprint density at radius 3 is 2.74 bits per heavy atom.